The van der Waals surface area contributed by atoms with Crippen molar-refractivity contribution in [2.24, 2.45) is 0 Å². The molecule has 4 nitrogen and oxygen atoms in total. The molecule has 1 N–H and O–H groups in total. The van der Waals surface area contributed by atoms with Crippen LogP contribution in [0.25, 0.3) is 0 Å². The van der Waals surface area contributed by atoms with Crippen LogP contribution in [0.2, 0.25) is 0 Å². The minimum Gasteiger partial charge on any atom is -0.373 e. The molecule has 1 aromatic heterocycles. The van der Waals surface area contributed by atoms with Gasteiger partial charge < -0.3 is 10.2 Å². The Morgan fingerprint density at radius 2 is 1.90 bits per heavy atom. The molecule has 0 saturated heterocycles. The van der Waals surface area contributed by atoms with Gasteiger partial charge >= 0.3 is 0 Å². The van der Waals surface area contributed by atoms with Crippen molar-refractivity contribution in [1.29, 1.82) is 0 Å². The fraction of sp³-hybridized carbons (Fsp3) is 0.750. The van der Waals surface area contributed by atoms with Crippen LogP contribution in [0.1, 0.15) is 65.4 Å². The predicted molar refractivity (Wildman–Crippen MR) is 87.7 cm³/mol. The third kappa shape index (κ3) is 3.84. The maximum Gasteiger partial charge on any atom is 0.137 e. The zero-order valence-corrected chi connectivity index (χ0v) is 13.9. The predicted octanol–water partition coefficient (Wildman–Crippen LogP) is 4.05. The van der Waals surface area contributed by atoms with Crippen molar-refractivity contribution in [3.05, 3.63) is 11.9 Å². The van der Waals surface area contributed by atoms with Gasteiger partial charge in [0.05, 0.1) is 0 Å². The van der Waals surface area contributed by atoms with Crippen LogP contribution in [-0.2, 0) is 0 Å². The van der Waals surface area contributed by atoms with E-state index in [0.29, 0.717) is 12.0 Å². The van der Waals surface area contributed by atoms with Gasteiger partial charge in [0.25, 0.3) is 0 Å². The van der Waals surface area contributed by atoms with Gasteiger partial charge in [-0.1, -0.05) is 34.1 Å². The quantitative estimate of drug-likeness (QED) is 0.779. The van der Waals surface area contributed by atoms with Gasteiger partial charge in [-0.15, -0.1) is 0 Å². The van der Waals surface area contributed by atoms with Gasteiger partial charge in [0.2, 0.25) is 0 Å². The van der Waals surface area contributed by atoms with Crippen molar-refractivity contribution in [3.63, 3.8) is 0 Å². The summed E-state index contributed by atoms with van der Waals surface area (Å²) in [7, 11) is 1.93. The van der Waals surface area contributed by atoms with E-state index < -0.39 is 0 Å². The molecule has 0 aliphatic heterocycles. The van der Waals surface area contributed by atoms with Gasteiger partial charge in [-0.25, -0.2) is 9.97 Å². The summed E-state index contributed by atoms with van der Waals surface area (Å²) in [6.45, 7) is 12.2. The summed E-state index contributed by atoms with van der Waals surface area (Å²) in [5.74, 6) is 2.46. The lowest BCUT2D eigenvalue weighted by molar-refractivity contribution is 0.584. The molecular weight excluding hydrogens is 248 g/mol. The van der Waals surface area contributed by atoms with Crippen LogP contribution in [0, 0.1) is 0 Å². The van der Waals surface area contributed by atoms with Crippen LogP contribution in [0.15, 0.2) is 6.33 Å². The maximum atomic E-state index is 4.61. The van der Waals surface area contributed by atoms with Crippen LogP contribution >= 0.6 is 0 Å². The highest BCUT2D eigenvalue weighted by Gasteiger charge is 2.21. The first kappa shape index (κ1) is 16.7. The molecular formula is C16H30N4. The van der Waals surface area contributed by atoms with Crippen molar-refractivity contribution in [1.82, 2.24) is 9.97 Å². The zero-order chi connectivity index (χ0) is 15.1. The summed E-state index contributed by atoms with van der Waals surface area (Å²) in [4.78, 5) is 11.4. The van der Waals surface area contributed by atoms with E-state index in [1.54, 1.807) is 6.33 Å². The number of unbranched alkanes of at least 4 members (excludes halogenated alkanes) is 1. The summed E-state index contributed by atoms with van der Waals surface area (Å²) in [5.41, 5.74) is 1.23. The van der Waals surface area contributed by atoms with Gasteiger partial charge in [0.1, 0.15) is 18.0 Å². The highest BCUT2D eigenvalue weighted by Crippen LogP contribution is 2.32. The first-order valence-electron chi connectivity index (χ1n) is 7.85. The number of nitrogens with zero attached hydrogens (tertiary/aromatic N) is 3. The lowest BCUT2D eigenvalue weighted by Gasteiger charge is -2.32. The van der Waals surface area contributed by atoms with Gasteiger partial charge in [-0.05, 0) is 25.7 Å². The third-order valence-corrected chi connectivity index (χ3v) is 3.82. The van der Waals surface area contributed by atoms with E-state index in [-0.39, 0.29) is 0 Å². The SMILES string of the molecule is CCCCN(c1ncnc(NC)c1C(C)C)C(C)CC. The molecule has 1 aromatic rings. The van der Waals surface area contributed by atoms with E-state index in [1.165, 1.54) is 18.4 Å². The number of hydrogen-bond acceptors (Lipinski definition) is 4. The summed E-state index contributed by atoms with van der Waals surface area (Å²) in [6, 6.07) is 0.499. The standard InChI is InChI=1S/C16H30N4/c1-7-9-10-20(13(5)8-2)16-14(12(3)4)15(17-6)18-11-19-16/h11-13H,7-10H2,1-6H3,(H,17,18,19). The molecule has 0 aromatic carbocycles. The number of anilines is 2. The molecule has 1 atom stereocenters. The monoisotopic (exact) mass is 278 g/mol. The van der Waals surface area contributed by atoms with E-state index in [4.69, 9.17) is 0 Å². The summed E-state index contributed by atoms with van der Waals surface area (Å²) in [5, 5.41) is 3.21. The van der Waals surface area contributed by atoms with Crippen LogP contribution < -0.4 is 10.2 Å². The molecule has 0 aliphatic rings. The van der Waals surface area contributed by atoms with E-state index in [2.05, 4.69) is 54.8 Å². The highest BCUT2D eigenvalue weighted by molar-refractivity contribution is 5.60. The average molecular weight is 278 g/mol. The van der Waals surface area contributed by atoms with Crippen LogP contribution in [0.5, 0.6) is 0 Å². The van der Waals surface area contributed by atoms with E-state index >= 15 is 0 Å². The molecule has 0 spiro atoms. The van der Waals surface area contributed by atoms with Gasteiger partial charge in [-0.2, -0.15) is 0 Å². The Labute approximate surface area is 124 Å². The maximum absolute atomic E-state index is 4.61. The molecule has 0 saturated carbocycles. The third-order valence-electron chi connectivity index (χ3n) is 3.82. The van der Waals surface area contributed by atoms with Crippen molar-refractivity contribution in [2.75, 3.05) is 23.8 Å². The Morgan fingerprint density at radius 3 is 2.40 bits per heavy atom. The molecule has 4 heteroatoms. The van der Waals surface area contributed by atoms with Gasteiger partial charge in [0.15, 0.2) is 0 Å². The Bertz CT molecular complexity index is 403. The Hall–Kier alpha value is -1.32. The fourth-order valence-corrected chi connectivity index (χ4v) is 2.43. The molecule has 0 aliphatic carbocycles. The highest BCUT2D eigenvalue weighted by atomic mass is 15.2. The Morgan fingerprint density at radius 1 is 1.20 bits per heavy atom. The second-order valence-corrected chi connectivity index (χ2v) is 5.67. The van der Waals surface area contributed by atoms with Crippen molar-refractivity contribution < 1.29 is 0 Å². The molecule has 20 heavy (non-hydrogen) atoms. The van der Waals surface area contributed by atoms with Crippen molar-refractivity contribution in [3.8, 4) is 0 Å². The molecule has 0 amide bonds. The van der Waals surface area contributed by atoms with E-state index in [9.17, 15) is 0 Å². The number of rotatable bonds is 8. The minimum atomic E-state index is 0.404. The number of hydrogen-bond donors (Lipinski definition) is 1. The first-order chi connectivity index (χ1) is 9.56. The first-order valence-corrected chi connectivity index (χ1v) is 7.85. The van der Waals surface area contributed by atoms with Crippen LogP contribution in [0.4, 0.5) is 11.6 Å². The largest absolute Gasteiger partial charge is 0.373 e. The van der Waals surface area contributed by atoms with Gasteiger partial charge in [-0.3, -0.25) is 0 Å². The van der Waals surface area contributed by atoms with E-state index in [1.807, 2.05) is 7.05 Å². The molecule has 0 fully saturated rings. The average Bonchev–Trinajstić information content (AvgIpc) is 2.46. The number of aromatic nitrogens is 2. The molecule has 1 unspecified atom stereocenters. The molecule has 1 heterocycles. The van der Waals surface area contributed by atoms with Crippen LogP contribution in [0.3, 0.4) is 0 Å². The summed E-state index contributed by atoms with van der Waals surface area (Å²) >= 11 is 0. The Kier molecular flexibility index (Phi) is 6.76. The smallest absolute Gasteiger partial charge is 0.137 e. The topological polar surface area (TPSA) is 41.1 Å². The summed E-state index contributed by atoms with van der Waals surface area (Å²) in [6.07, 6.45) is 5.20. The normalized spacial score (nSPS) is 12.6. The second kappa shape index (κ2) is 8.08. The number of nitrogens with one attached hydrogen (secondary N) is 1. The Balaban J connectivity index is 3.24. The zero-order valence-electron chi connectivity index (χ0n) is 13.9. The lowest BCUT2D eigenvalue weighted by atomic mass is 10.0. The molecule has 114 valence electrons. The minimum absolute atomic E-state index is 0.404. The summed E-state index contributed by atoms with van der Waals surface area (Å²) < 4.78 is 0. The molecule has 0 radical (unpaired) electrons. The molecule has 1 rings (SSSR count). The fourth-order valence-electron chi connectivity index (χ4n) is 2.43. The van der Waals surface area contributed by atoms with Crippen molar-refractivity contribution >= 4 is 11.6 Å². The second-order valence-electron chi connectivity index (χ2n) is 5.67. The van der Waals surface area contributed by atoms with Crippen LogP contribution in [-0.4, -0.2) is 29.6 Å². The molecule has 0 bridgehead atoms. The lowest BCUT2D eigenvalue weighted by Crippen LogP contribution is -2.35. The van der Waals surface area contributed by atoms with Gasteiger partial charge in [0, 0.05) is 25.2 Å². The van der Waals surface area contributed by atoms with Crippen molar-refractivity contribution in [2.45, 2.75) is 65.8 Å². The van der Waals surface area contributed by atoms with E-state index in [0.717, 1.165) is 24.6 Å².